The van der Waals surface area contributed by atoms with Gasteiger partial charge in [0, 0.05) is 55.1 Å². The highest BCUT2D eigenvalue weighted by atomic mass is 32.1. The Bertz CT molecular complexity index is 1220. The zero-order valence-electron chi connectivity index (χ0n) is 22.8. The van der Waals surface area contributed by atoms with E-state index in [2.05, 4.69) is 28.7 Å². The van der Waals surface area contributed by atoms with Crippen LogP contribution < -0.4 is 10.2 Å². The van der Waals surface area contributed by atoms with Crippen LogP contribution in [0.1, 0.15) is 30.6 Å². The lowest BCUT2D eigenvalue weighted by Crippen LogP contribution is -2.52. The molecule has 1 aromatic heterocycles. The number of likely N-dealkylation sites (tertiary alicyclic amines) is 1. The number of fused-ring (bicyclic) bond motifs is 1. The molecule has 39 heavy (non-hydrogen) atoms. The summed E-state index contributed by atoms with van der Waals surface area (Å²) in [6, 6.07) is 5.98. The Morgan fingerprint density at radius 1 is 1.21 bits per heavy atom. The zero-order valence-corrected chi connectivity index (χ0v) is 23.7. The second-order valence-electron chi connectivity index (χ2n) is 11.1. The second-order valence-corrected chi connectivity index (χ2v) is 12.0. The highest BCUT2D eigenvalue weighted by Gasteiger charge is 2.52. The maximum Gasteiger partial charge on any atom is 0.251 e. The van der Waals surface area contributed by atoms with Gasteiger partial charge in [0.2, 0.25) is 5.91 Å². The zero-order chi connectivity index (χ0) is 27.7. The minimum Gasteiger partial charge on any atom is -0.367 e. The number of hydrogen-bond donors (Lipinski definition) is 1. The molecule has 0 bridgehead atoms. The topological polar surface area (TPSA) is 95.1 Å². The van der Waals surface area contributed by atoms with Crippen molar-refractivity contribution in [2.45, 2.75) is 38.5 Å². The number of carbonyl (C=O) groups excluding carboxylic acids is 3. The molecule has 1 N–H and O–H groups in total. The molecule has 4 atom stereocenters. The van der Waals surface area contributed by atoms with E-state index in [4.69, 9.17) is 9.72 Å². The third-order valence-corrected chi connectivity index (χ3v) is 8.73. The summed E-state index contributed by atoms with van der Waals surface area (Å²) in [6.07, 6.45) is 1.86. The van der Waals surface area contributed by atoms with Crippen LogP contribution in [0.2, 0.25) is 0 Å². The summed E-state index contributed by atoms with van der Waals surface area (Å²) in [4.78, 5) is 50.4. The van der Waals surface area contributed by atoms with Crippen LogP contribution >= 0.6 is 11.3 Å². The predicted octanol–water partition coefficient (Wildman–Crippen LogP) is 2.69. The Balaban J connectivity index is 1.26. The first-order valence-corrected chi connectivity index (χ1v) is 14.5. The number of nitrogens with one attached hydrogen (secondary N) is 1. The quantitative estimate of drug-likeness (QED) is 0.504. The summed E-state index contributed by atoms with van der Waals surface area (Å²) in [6.45, 7) is 12.2. The minimum atomic E-state index is -0.737. The number of hydrogen-bond acceptors (Lipinski definition) is 8. The maximum atomic E-state index is 13.6. The number of ketones is 1. The molecule has 5 rings (SSSR count). The Morgan fingerprint density at radius 3 is 2.59 bits per heavy atom. The molecular weight excluding hydrogens is 514 g/mol. The fraction of sp³-hybridized carbons (Fsp3) is 0.517. The Hall–Kier alpha value is -3.08. The van der Waals surface area contributed by atoms with Crippen molar-refractivity contribution in [3.63, 3.8) is 0 Å². The fourth-order valence-corrected chi connectivity index (χ4v) is 6.48. The standard InChI is InChI=1S/C29H37N5O4S/c1-5-19-15-34(25-24(35)16-38-26(19)25)28(37)22(14-18(2)3)30-27(36)21-8-6-20(7-9-21)23-17-39-29(31-23)33-12-10-32(4)11-13-33/h5-9,17-19,22,25-26H,1,10-16H2,2-4H3,(H,30,36)/t19-,22?,25?,26?/m1/s1. The first-order valence-electron chi connectivity index (χ1n) is 13.6. The average molecular weight is 552 g/mol. The van der Waals surface area contributed by atoms with Gasteiger partial charge in [-0.25, -0.2) is 4.98 Å². The molecule has 0 radical (unpaired) electrons. The number of Topliss-reactive ketones (excluding diaryl/α,β-unsaturated/α-hetero) is 1. The van der Waals surface area contributed by atoms with Crippen LogP contribution in [0.15, 0.2) is 42.3 Å². The number of rotatable bonds is 8. The molecule has 0 spiro atoms. The van der Waals surface area contributed by atoms with E-state index in [-0.39, 0.29) is 42.1 Å². The van der Waals surface area contributed by atoms with E-state index in [1.807, 2.05) is 31.4 Å². The predicted molar refractivity (Wildman–Crippen MR) is 152 cm³/mol. The van der Waals surface area contributed by atoms with Crippen LogP contribution in [0.4, 0.5) is 5.13 Å². The van der Waals surface area contributed by atoms with Crippen molar-refractivity contribution < 1.29 is 19.1 Å². The van der Waals surface area contributed by atoms with Gasteiger partial charge in [0.05, 0.1) is 11.8 Å². The van der Waals surface area contributed by atoms with Gasteiger partial charge in [0.15, 0.2) is 10.9 Å². The average Bonchev–Trinajstić information content (AvgIpc) is 3.65. The number of likely N-dealkylation sites (N-methyl/N-ethyl adjacent to an activating group) is 1. The first-order chi connectivity index (χ1) is 18.7. The van der Waals surface area contributed by atoms with Crippen molar-refractivity contribution in [2.24, 2.45) is 11.8 Å². The molecule has 0 aliphatic carbocycles. The third-order valence-electron chi connectivity index (χ3n) is 7.83. The fourth-order valence-electron chi connectivity index (χ4n) is 5.59. The smallest absolute Gasteiger partial charge is 0.251 e. The van der Waals surface area contributed by atoms with Gasteiger partial charge in [-0.15, -0.1) is 17.9 Å². The number of anilines is 1. The van der Waals surface area contributed by atoms with Crippen molar-refractivity contribution in [3.8, 4) is 11.3 Å². The highest BCUT2D eigenvalue weighted by Crippen LogP contribution is 2.33. The van der Waals surface area contributed by atoms with E-state index in [0.29, 0.717) is 18.5 Å². The summed E-state index contributed by atoms with van der Waals surface area (Å²) in [5.41, 5.74) is 2.30. The van der Waals surface area contributed by atoms with Crippen molar-refractivity contribution in [1.82, 2.24) is 20.1 Å². The van der Waals surface area contributed by atoms with Gasteiger partial charge in [-0.2, -0.15) is 0 Å². The number of benzene rings is 1. The first kappa shape index (κ1) is 27.5. The summed E-state index contributed by atoms with van der Waals surface area (Å²) in [7, 11) is 2.13. The van der Waals surface area contributed by atoms with E-state index in [1.165, 1.54) is 0 Å². The van der Waals surface area contributed by atoms with Gasteiger partial charge in [-0.1, -0.05) is 32.1 Å². The molecule has 3 saturated heterocycles. The van der Waals surface area contributed by atoms with Crippen LogP contribution in [0, 0.1) is 11.8 Å². The molecule has 3 aliphatic heterocycles. The van der Waals surface area contributed by atoms with Gasteiger partial charge in [-0.3, -0.25) is 14.4 Å². The molecule has 208 valence electrons. The Kier molecular flexibility index (Phi) is 8.16. The largest absolute Gasteiger partial charge is 0.367 e. The molecule has 1 aromatic carbocycles. The lowest BCUT2D eigenvalue weighted by Gasteiger charge is -2.32. The maximum absolute atomic E-state index is 13.6. The number of ether oxygens (including phenoxy) is 1. The number of nitrogens with zero attached hydrogens (tertiary/aromatic N) is 4. The number of carbonyl (C=O) groups is 3. The number of amides is 2. The van der Waals surface area contributed by atoms with E-state index in [9.17, 15) is 14.4 Å². The number of aromatic nitrogens is 1. The van der Waals surface area contributed by atoms with Gasteiger partial charge in [0.25, 0.3) is 5.91 Å². The molecule has 2 aromatic rings. The van der Waals surface area contributed by atoms with Crippen LogP contribution in [0.3, 0.4) is 0 Å². The van der Waals surface area contributed by atoms with Gasteiger partial charge >= 0.3 is 0 Å². The van der Waals surface area contributed by atoms with Crippen LogP contribution in [0.25, 0.3) is 11.3 Å². The summed E-state index contributed by atoms with van der Waals surface area (Å²) < 4.78 is 5.66. The molecule has 3 fully saturated rings. The van der Waals surface area contributed by atoms with Crippen LogP contribution in [-0.4, -0.2) is 96.9 Å². The number of piperazine rings is 1. The number of thiazole rings is 1. The van der Waals surface area contributed by atoms with Crippen molar-refractivity contribution >= 4 is 34.1 Å². The summed E-state index contributed by atoms with van der Waals surface area (Å²) in [5, 5.41) is 6.01. The Morgan fingerprint density at radius 2 is 1.92 bits per heavy atom. The molecule has 3 unspecified atom stereocenters. The minimum absolute atomic E-state index is 0.00681. The van der Waals surface area contributed by atoms with Crippen LogP contribution in [-0.2, 0) is 14.3 Å². The van der Waals surface area contributed by atoms with Gasteiger partial charge in [-0.05, 0) is 31.5 Å². The molecule has 10 heteroatoms. The van der Waals surface area contributed by atoms with E-state index < -0.39 is 12.1 Å². The van der Waals surface area contributed by atoms with E-state index in [1.54, 1.807) is 34.4 Å². The molecule has 4 heterocycles. The summed E-state index contributed by atoms with van der Waals surface area (Å²) in [5.74, 6) is -0.589. The summed E-state index contributed by atoms with van der Waals surface area (Å²) >= 11 is 1.64. The monoisotopic (exact) mass is 551 g/mol. The van der Waals surface area contributed by atoms with Crippen molar-refractivity contribution in [2.75, 3.05) is 51.3 Å². The molecule has 2 amide bonds. The van der Waals surface area contributed by atoms with Gasteiger partial charge in [0.1, 0.15) is 18.7 Å². The third kappa shape index (κ3) is 5.78. The lowest BCUT2D eigenvalue weighted by molar-refractivity contribution is -0.138. The van der Waals surface area contributed by atoms with E-state index >= 15 is 0 Å². The normalized spacial score (nSPS) is 24.2. The highest BCUT2D eigenvalue weighted by molar-refractivity contribution is 7.14. The Labute approximate surface area is 233 Å². The van der Waals surface area contributed by atoms with E-state index in [0.717, 1.165) is 42.6 Å². The van der Waals surface area contributed by atoms with Crippen molar-refractivity contribution in [3.05, 3.63) is 47.9 Å². The van der Waals surface area contributed by atoms with Crippen molar-refractivity contribution in [1.29, 1.82) is 0 Å². The molecular formula is C29H37N5O4S. The molecule has 3 aliphatic rings. The van der Waals surface area contributed by atoms with Crippen LogP contribution in [0.5, 0.6) is 0 Å². The molecule has 0 saturated carbocycles. The second kappa shape index (κ2) is 11.6. The molecule has 9 nitrogen and oxygen atoms in total. The SMILES string of the molecule is C=C[C@@H]1CN(C(=O)C(CC(C)C)NC(=O)c2ccc(-c3csc(N4CCN(C)CC4)n3)cc2)C2C(=O)COC21. The lowest BCUT2D eigenvalue weighted by atomic mass is 10.0. The van der Waals surface area contributed by atoms with Gasteiger partial charge < -0.3 is 24.8 Å².